The fourth-order valence-electron chi connectivity index (χ4n) is 2.73. The summed E-state index contributed by atoms with van der Waals surface area (Å²) in [4.78, 5) is 0. The molecule has 3 nitrogen and oxygen atoms in total. The number of nitrogens with zero attached hydrogens (tertiary/aromatic N) is 2. The van der Waals surface area contributed by atoms with Gasteiger partial charge in [-0.2, -0.15) is 0 Å². The minimum Gasteiger partial charge on any atom is -0.369 e. The molecule has 1 heterocycles. The second-order valence-electron chi connectivity index (χ2n) is 5.45. The highest BCUT2D eigenvalue weighted by Gasteiger charge is 2.15. The maximum Gasteiger partial charge on any atom is 0.151 e. The fourth-order valence-corrected chi connectivity index (χ4v) is 2.73. The third-order valence-corrected chi connectivity index (χ3v) is 3.78. The summed E-state index contributed by atoms with van der Waals surface area (Å²) in [5, 5.41) is 12.1. The van der Waals surface area contributed by atoms with Crippen LogP contribution in [0.25, 0.3) is 11.3 Å². The van der Waals surface area contributed by atoms with Gasteiger partial charge in [-0.3, -0.25) is 0 Å². The molecule has 0 unspecified atom stereocenters. The number of anilines is 1. The largest absolute Gasteiger partial charge is 0.369 e. The quantitative estimate of drug-likeness (QED) is 0.911. The zero-order valence-electron chi connectivity index (χ0n) is 13.3. The van der Waals surface area contributed by atoms with Gasteiger partial charge in [-0.25, -0.2) is 0 Å². The fraction of sp³-hybridized carbons (Fsp3) is 0.412. The first-order valence-corrected chi connectivity index (χ1v) is 7.11. The molecule has 0 aliphatic carbocycles. The Bertz CT molecular complexity index is 622. The van der Waals surface area contributed by atoms with Crippen LogP contribution in [0.4, 0.5) is 5.82 Å². The Balaban J connectivity index is 2.63. The van der Waals surface area contributed by atoms with Gasteiger partial charge in [0.1, 0.15) is 0 Å². The molecule has 106 valence electrons. The van der Waals surface area contributed by atoms with E-state index >= 15 is 0 Å². The molecule has 1 N–H and O–H groups in total. The van der Waals surface area contributed by atoms with E-state index in [1.165, 1.54) is 33.4 Å². The monoisotopic (exact) mass is 269 g/mol. The van der Waals surface area contributed by atoms with Crippen molar-refractivity contribution in [3.63, 3.8) is 0 Å². The van der Waals surface area contributed by atoms with Crippen molar-refractivity contribution in [2.45, 2.75) is 41.5 Å². The Hall–Kier alpha value is -1.90. The lowest BCUT2D eigenvalue weighted by molar-refractivity contribution is 0.983. The predicted octanol–water partition coefficient (Wildman–Crippen LogP) is 4.12. The SMILES string of the molecule is CCNc1nnc(-c2c(C)cc(C)cc2C)c(C)c1C. The van der Waals surface area contributed by atoms with Crippen molar-refractivity contribution < 1.29 is 0 Å². The molecule has 0 atom stereocenters. The van der Waals surface area contributed by atoms with Crippen LogP contribution in [0, 0.1) is 34.6 Å². The molecule has 0 radical (unpaired) electrons. The number of aryl methyl sites for hydroxylation is 3. The summed E-state index contributed by atoms with van der Waals surface area (Å²) in [5.74, 6) is 0.885. The van der Waals surface area contributed by atoms with E-state index < -0.39 is 0 Å². The third kappa shape index (κ3) is 2.53. The molecule has 1 aromatic heterocycles. The molecule has 2 aromatic rings. The first kappa shape index (κ1) is 14.5. The highest BCUT2D eigenvalue weighted by molar-refractivity contribution is 5.72. The number of benzene rings is 1. The maximum atomic E-state index is 4.47. The van der Waals surface area contributed by atoms with Gasteiger partial charge in [0.15, 0.2) is 5.82 Å². The summed E-state index contributed by atoms with van der Waals surface area (Å²) < 4.78 is 0. The van der Waals surface area contributed by atoms with Crippen molar-refractivity contribution in [3.8, 4) is 11.3 Å². The van der Waals surface area contributed by atoms with Crippen LogP contribution < -0.4 is 5.32 Å². The zero-order valence-corrected chi connectivity index (χ0v) is 13.3. The average Bonchev–Trinajstić information content (AvgIpc) is 2.36. The lowest BCUT2D eigenvalue weighted by Crippen LogP contribution is -2.07. The summed E-state index contributed by atoms with van der Waals surface area (Å²) in [7, 11) is 0. The molecule has 0 fully saturated rings. The average molecular weight is 269 g/mol. The molecule has 3 heteroatoms. The Morgan fingerprint density at radius 3 is 2.05 bits per heavy atom. The maximum absolute atomic E-state index is 4.47. The summed E-state index contributed by atoms with van der Waals surface area (Å²) in [6.45, 7) is 13.6. The Morgan fingerprint density at radius 2 is 1.50 bits per heavy atom. The van der Waals surface area contributed by atoms with Crippen molar-refractivity contribution in [3.05, 3.63) is 39.9 Å². The van der Waals surface area contributed by atoms with Crippen molar-refractivity contribution in [2.75, 3.05) is 11.9 Å². The summed E-state index contributed by atoms with van der Waals surface area (Å²) in [5.41, 5.74) is 8.40. The van der Waals surface area contributed by atoms with E-state index in [1.807, 2.05) is 0 Å². The number of hydrogen-bond acceptors (Lipinski definition) is 3. The Labute approximate surface area is 121 Å². The molecule has 1 aromatic carbocycles. The molecular weight excluding hydrogens is 246 g/mol. The van der Waals surface area contributed by atoms with Gasteiger partial charge in [-0.1, -0.05) is 17.7 Å². The highest BCUT2D eigenvalue weighted by Crippen LogP contribution is 2.31. The molecular formula is C17H23N3. The van der Waals surface area contributed by atoms with Crippen LogP contribution in [0.15, 0.2) is 12.1 Å². The molecule has 0 saturated carbocycles. The number of hydrogen-bond donors (Lipinski definition) is 1. The van der Waals surface area contributed by atoms with Crippen molar-refractivity contribution >= 4 is 5.82 Å². The minimum atomic E-state index is 0.858. The van der Waals surface area contributed by atoms with Gasteiger partial charge in [0.25, 0.3) is 0 Å². The van der Waals surface area contributed by atoms with E-state index in [1.54, 1.807) is 0 Å². The first-order chi connectivity index (χ1) is 9.45. The molecule has 0 bridgehead atoms. The van der Waals surface area contributed by atoms with E-state index in [2.05, 4.69) is 69.2 Å². The lowest BCUT2D eigenvalue weighted by Gasteiger charge is -2.15. The Kier molecular flexibility index (Phi) is 4.07. The van der Waals surface area contributed by atoms with Crippen LogP contribution in [0.2, 0.25) is 0 Å². The van der Waals surface area contributed by atoms with E-state index in [0.29, 0.717) is 0 Å². The normalized spacial score (nSPS) is 10.7. The van der Waals surface area contributed by atoms with Gasteiger partial charge in [-0.15, -0.1) is 10.2 Å². The smallest absolute Gasteiger partial charge is 0.151 e. The minimum absolute atomic E-state index is 0.858. The van der Waals surface area contributed by atoms with E-state index in [4.69, 9.17) is 0 Å². The topological polar surface area (TPSA) is 37.8 Å². The summed E-state index contributed by atoms with van der Waals surface area (Å²) in [6.07, 6.45) is 0. The molecule has 0 aliphatic heterocycles. The lowest BCUT2D eigenvalue weighted by atomic mass is 9.94. The van der Waals surface area contributed by atoms with Crippen molar-refractivity contribution in [1.29, 1.82) is 0 Å². The second-order valence-corrected chi connectivity index (χ2v) is 5.45. The van der Waals surface area contributed by atoms with Crippen LogP contribution >= 0.6 is 0 Å². The number of nitrogens with one attached hydrogen (secondary N) is 1. The summed E-state index contributed by atoms with van der Waals surface area (Å²) >= 11 is 0. The molecule has 0 aliphatic rings. The van der Waals surface area contributed by atoms with E-state index in [-0.39, 0.29) is 0 Å². The van der Waals surface area contributed by atoms with Gasteiger partial charge in [0.2, 0.25) is 0 Å². The van der Waals surface area contributed by atoms with Crippen LogP contribution in [0.3, 0.4) is 0 Å². The van der Waals surface area contributed by atoms with E-state index in [0.717, 1.165) is 18.1 Å². The molecule has 0 spiro atoms. The van der Waals surface area contributed by atoms with Crippen LogP contribution in [0.1, 0.15) is 34.7 Å². The third-order valence-electron chi connectivity index (χ3n) is 3.78. The standard InChI is InChI=1S/C17H23N3/c1-7-18-17-14(6)13(5)16(19-20-17)15-11(3)8-10(2)9-12(15)4/h8-9H,7H2,1-6H3,(H,18,20). The first-order valence-electron chi connectivity index (χ1n) is 7.11. The van der Waals surface area contributed by atoms with Gasteiger partial charge in [0, 0.05) is 12.1 Å². The Morgan fingerprint density at radius 1 is 0.900 bits per heavy atom. The zero-order chi connectivity index (χ0) is 14.9. The van der Waals surface area contributed by atoms with E-state index in [9.17, 15) is 0 Å². The summed E-state index contributed by atoms with van der Waals surface area (Å²) in [6, 6.07) is 4.41. The van der Waals surface area contributed by atoms with Crippen LogP contribution in [-0.4, -0.2) is 16.7 Å². The predicted molar refractivity (Wildman–Crippen MR) is 85.3 cm³/mol. The van der Waals surface area contributed by atoms with Crippen molar-refractivity contribution in [2.24, 2.45) is 0 Å². The van der Waals surface area contributed by atoms with Gasteiger partial charge in [-0.05, 0) is 63.8 Å². The van der Waals surface area contributed by atoms with Gasteiger partial charge >= 0.3 is 0 Å². The van der Waals surface area contributed by atoms with Crippen LogP contribution in [0.5, 0.6) is 0 Å². The number of aromatic nitrogens is 2. The molecule has 0 amide bonds. The second kappa shape index (κ2) is 5.61. The van der Waals surface area contributed by atoms with Crippen molar-refractivity contribution in [1.82, 2.24) is 10.2 Å². The number of rotatable bonds is 3. The molecule has 0 saturated heterocycles. The van der Waals surface area contributed by atoms with Crippen LogP contribution in [-0.2, 0) is 0 Å². The molecule has 20 heavy (non-hydrogen) atoms. The highest BCUT2D eigenvalue weighted by atomic mass is 15.2. The van der Waals surface area contributed by atoms with Gasteiger partial charge < -0.3 is 5.32 Å². The van der Waals surface area contributed by atoms with Gasteiger partial charge in [0.05, 0.1) is 5.69 Å². The molecule has 2 rings (SSSR count).